The fourth-order valence-electron chi connectivity index (χ4n) is 4.12. The van der Waals surface area contributed by atoms with Gasteiger partial charge in [-0.25, -0.2) is 9.37 Å². The first kappa shape index (κ1) is 20.0. The minimum Gasteiger partial charge on any atom is -0.376 e. The Kier molecular flexibility index (Phi) is 4.58. The summed E-state index contributed by atoms with van der Waals surface area (Å²) in [4.78, 5) is 19.0. The van der Waals surface area contributed by atoms with Crippen LogP contribution in [0.1, 0.15) is 0 Å². The van der Waals surface area contributed by atoms with Crippen molar-refractivity contribution < 1.29 is 4.39 Å². The predicted octanol–water partition coefficient (Wildman–Crippen LogP) is 5.44. The average Bonchev–Trinajstić information content (AvgIpc) is 3.48. The number of pyridine rings is 3. The smallest absolute Gasteiger partial charge is 0.181 e. The maximum Gasteiger partial charge on any atom is 0.181 e. The zero-order valence-corrected chi connectivity index (χ0v) is 18.5. The molecule has 0 aliphatic heterocycles. The van der Waals surface area contributed by atoms with Gasteiger partial charge in [-0.15, -0.1) is 0 Å². The second-order valence-corrected chi connectivity index (χ2v) is 8.33. The van der Waals surface area contributed by atoms with Gasteiger partial charge in [0.25, 0.3) is 0 Å². The molecule has 0 saturated heterocycles. The van der Waals surface area contributed by atoms with E-state index in [4.69, 9.17) is 0 Å². The number of aromatic nitrogens is 6. The summed E-state index contributed by atoms with van der Waals surface area (Å²) < 4.78 is 13.4. The molecule has 7 nitrogen and oxygen atoms in total. The monoisotopic (exact) mass is 449 g/mol. The van der Waals surface area contributed by atoms with Gasteiger partial charge in [0.2, 0.25) is 0 Å². The Hall–Kier alpha value is -4.59. The number of fused-ring (bicyclic) bond motifs is 2. The average molecular weight is 449 g/mol. The van der Waals surface area contributed by atoms with Crippen LogP contribution in [0.3, 0.4) is 0 Å². The van der Waals surface area contributed by atoms with Gasteiger partial charge in [0.15, 0.2) is 5.65 Å². The fraction of sp³-hybridized carbons (Fsp3) is 0.0769. The van der Waals surface area contributed by atoms with Crippen molar-refractivity contribution in [2.45, 2.75) is 0 Å². The number of rotatable bonds is 4. The second kappa shape index (κ2) is 7.77. The first-order valence-electron chi connectivity index (χ1n) is 10.8. The Morgan fingerprint density at radius 3 is 2.47 bits per heavy atom. The van der Waals surface area contributed by atoms with Crippen LogP contribution in [0, 0.1) is 5.82 Å². The summed E-state index contributed by atoms with van der Waals surface area (Å²) in [5.41, 5.74) is 7.85. The van der Waals surface area contributed by atoms with Crippen molar-refractivity contribution in [1.29, 1.82) is 0 Å². The van der Waals surface area contributed by atoms with Crippen LogP contribution >= 0.6 is 0 Å². The van der Waals surface area contributed by atoms with E-state index in [9.17, 15) is 4.39 Å². The number of aromatic amines is 2. The van der Waals surface area contributed by atoms with E-state index >= 15 is 0 Å². The van der Waals surface area contributed by atoms with Gasteiger partial charge in [0.05, 0.1) is 29.0 Å². The van der Waals surface area contributed by atoms with Crippen molar-refractivity contribution >= 4 is 27.6 Å². The molecule has 0 aliphatic carbocycles. The highest BCUT2D eigenvalue weighted by atomic mass is 19.1. The largest absolute Gasteiger partial charge is 0.376 e. The van der Waals surface area contributed by atoms with Gasteiger partial charge in [-0.2, -0.15) is 5.10 Å². The number of hydrogen-bond donors (Lipinski definition) is 2. The molecule has 0 amide bonds. The molecule has 166 valence electrons. The van der Waals surface area contributed by atoms with E-state index in [-0.39, 0.29) is 5.82 Å². The van der Waals surface area contributed by atoms with Crippen LogP contribution in [0.2, 0.25) is 0 Å². The predicted molar refractivity (Wildman–Crippen MR) is 132 cm³/mol. The molecule has 0 spiro atoms. The van der Waals surface area contributed by atoms with E-state index in [1.54, 1.807) is 18.3 Å². The minimum atomic E-state index is -0.274. The van der Waals surface area contributed by atoms with Gasteiger partial charge in [-0.05, 0) is 48.5 Å². The van der Waals surface area contributed by atoms with Crippen molar-refractivity contribution in [3.63, 3.8) is 0 Å². The molecule has 5 heterocycles. The number of nitrogens with one attached hydrogen (secondary N) is 2. The van der Waals surface area contributed by atoms with Crippen LogP contribution in [-0.2, 0) is 0 Å². The van der Waals surface area contributed by atoms with Crippen molar-refractivity contribution in [2.75, 3.05) is 19.0 Å². The van der Waals surface area contributed by atoms with Crippen molar-refractivity contribution in [3.8, 4) is 33.8 Å². The lowest BCUT2D eigenvalue weighted by Crippen LogP contribution is -2.08. The van der Waals surface area contributed by atoms with E-state index in [0.717, 1.165) is 55.7 Å². The lowest BCUT2D eigenvalue weighted by atomic mass is 10.1. The molecule has 2 N–H and O–H groups in total. The zero-order valence-electron chi connectivity index (χ0n) is 18.5. The normalized spacial score (nSPS) is 11.4. The molecule has 0 saturated carbocycles. The molecule has 6 rings (SSSR count). The Morgan fingerprint density at radius 1 is 0.824 bits per heavy atom. The van der Waals surface area contributed by atoms with Crippen molar-refractivity contribution in [2.24, 2.45) is 0 Å². The summed E-state index contributed by atoms with van der Waals surface area (Å²) in [6, 6.07) is 14.5. The molecule has 5 aromatic heterocycles. The summed E-state index contributed by atoms with van der Waals surface area (Å²) in [6.07, 6.45) is 7.22. The number of nitrogens with zero attached hydrogens (tertiary/aromatic N) is 5. The molecule has 0 atom stereocenters. The second-order valence-electron chi connectivity index (χ2n) is 8.33. The highest BCUT2D eigenvalue weighted by Gasteiger charge is 2.15. The number of hydrogen-bond acceptors (Lipinski definition) is 5. The Morgan fingerprint density at radius 2 is 1.65 bits per heavy atom. The zero-order chi connectivity index (χ0) is 23.2. The summed E-state index contributed by atoms with van der Waals surface area (Å²) in [6.45, 7) is 0. The lowest BCUT2D eigenvalue weighted by Gasteiger charge is -2.12. The maximum atomic E-state index is 13.4. The van der Waals surface area contributed by atoms with Crippen LogP contribution in [0.5, 0.6) is 0 Å². The van der Waals surface area contributed by atoms with Gasteiger partial charge in [-0.1, -0.05) is 0 Å². The van der Waals surface area contributed by atoms with Crippen LogP contribution in [0.25, 0.3) is 55.7 Å². The van der Waals surface area contributed by atoms with E-state index in [2.05, 4.69) is 42.3 Å². The van der Waals surface area contributed by atoms with Gasteiger partial charge in [-0.3, -0.25) is 15.1 Å². The first-order chi connectivity index (χ1) is 16.6. The summed E-state index contributed by atoms with van der Waals surface area (Å²) in [7, 11) is 3.97. The Bertz CT molecular complexity index is 1650. The highest BCUT2D eigenvalue weighted by molar-refractivity contribution is 6.00. The Labute approximate surface area is 194 Å². The van der Waals surface area contributed by atoms with Gasteiger partial charge in [0, 0.05) is 65.7 Å². The summed E-state index contributed by atoms with van der Waals surface area (Å²) >= 11 is 0. The topological polar surface area (TPSA) is 86.4 Å². The van der Waals surface area contributed by atoms with Crippen LogP contribution in [-0.4, -0.2) is 44.2 Å². The molecule has 0 unspecified atom stereocenters. The van der Waals surface area contributed by atoms with Crippen molar-refractivity contribution in [3.05, 3.63) is 79.1 Å². The molecular formula is C26H20FN7. The van der Waals surface area contributed by atoms with Crippen molar-refractivity contribution in [1.82, 2.24) is 30.1 Å². The molecule has 34 heavy (non-hydrogen) atoms. The number of halogens is 1. The van der Waals surface area contributed by atoms with Crippen LogP contribution < -0.4 is 4.90 Å². The molecule has 8 heteroatoms. The van der Waals surface area contributed by atoms with E-state index < -0.39 is 0 Å². The third kappa shape index (κ3) is 3.36. The maximum absolute atomic E-state index is 13.4. The summed E-state index contributed by atoms with van der Waals surface area (Å²) in [5.74, 6) is -0.274. The van der Waals surface area contributed by atoms with Crippen LogP contribution in [0.15, 0.2) is 73.3 Å². The molecule has 0 bridgehead atoms. The molecule has 0 radical (unpaired) electrons. The lowest BCUT2D eigenvalue weighted by molar-refractivity contribution is 0.628. The minimum absolute atomic E-state index is 0.274. The molecule has 1 aromatic carbocycles. The van der Waals surface area contributed by atoms with Gasteiger partial charge >= 0.3 is 0 Å². The number of benzene rings is 1. The first-order valence-corrected chi connectivity index (χ1v) is 10.8. The number of H-pyrrole nitrogens is 2. The fourth-order valence-corrected chi connectivity index (χ4v) is 4.12. The third-order valence-electron chi connectivity index (χ3n) is 5.92. The highest BCUT2D eigenvalue weighted by Crippen LogP contribution is 2.34. The molecule has 6 aromatic rings. The molecular weight excluding hydrogens is 429 g/mol. The standard InChI is InChI=1S/C26H20FN7/c1-34(2)19-9-16(12-28-14-19)17-10-21-25(32-33-26(21)30-13-17)23-11-20-22(31-23)7-8-29-24(20)15-3-5-18(27)6-4-15/h3-14,31H,1-2H3,(H,30,32,33). The molecule has 0 fully saturated rings. The van der Waals surface area contributed by atoms with Crippen LogP contribution in [0.4, 0.5) is 10.1 Å². The number of anilines is 1. The van der Waals surface area contributed by atoms with E-state index in [1.807, 2.05) is 49.7 Å². The van der Waals surface area contributed by atoms with E-state index in [0.29, 0.717) is 5.65 Å². The Balaban J connectivity index is 1.47. The van der Waals surface area contributed by atoms with Gasteiger partial charge < -0.3 is 9.88 Å². The van der Waals surface area contributed by atoms with Gasteiger partial charge in [0.1, 0.15) is 5.82 Å². The SMILES string of the molecule is CN(C)c1cncc(-c2cnc3n[nH]c(-c4cc5c(-c6ccc(F)cc6)nccc5[nH]4)c3c2)c1. The summed E-state index contributed by atoms with van der Waals surface area (Å²) in [5, 5.41) is 9.37. The quantitative estimate of drug-likeness (QED) is 0.375. The third-order valence-corrected chi connectivity index (χ3v) is 5.92. The van der Waals surface area contributed by atoms with E-state index in [1.165, 1.54) is 12.1 Å². The molecule has 0 aliphatic rings.